The van der Waals surface area contributed by atoms with Crippen LogP contribution in [0.25, 0.3) is 0 Å². The van der Waals surface area contributed by atoms with E-state index in [4.69, 9.17) is 0 Å². The SMILES string of the molecule is O=C(c1ccncn1)N1CC(O)C(N2CCc3ccccc3C2)C1. The van der Waals surface area contributed by atoms with Gasteiger partial charge in [0.25, 0.3) is 5.91 Å². The van der Waals surface area contributed by atoms with Crippen molar-refractivity contribution in [2.45, 2.75) is 25.1 Å². The molecule has 2 atom stereocenters. The summed E-state index contributed by atoms with van der Waals surface area (Å²) in [5, 5.41) is 10.5. The minimum atomic E-state index is -0.527. The van der Waals surface area contributed by atoms with Gasteiger partial charge in [-0.1, -0.05) is 24.3 Å². The molecule has 1 aromatic heterocycles. The number of rotatable bonds is 2. The molecule has 0 saturated carbocycles. The zero-order chi connectivity index (χ0) is 16.5. The third-order valence-electron chi connectivity index (χ3n) is 4.98. The molecule has 1 saturated heterocycles. The van der Waals surface area contributed by atoms with Crippen molar-refractivity contribution >= 4 is 5.91 Å². The number of carbonyl (C=O) groups excluding carboxylic acids is 1. The second kappa shape index (κ2) is 6.30. The number of fused-ring (bicyclic) bond motifs is 1. The minimum Gasteiger partial charge on any atom is -0.390 e. The van der Waals surface area contributed by atoms with E-state index >= 15 is 0 Å². The van der Waals surface area contributed by atoms with Crippen LogP contribution < -0.4 is 0 Å². The second-order valence-electron chi connectivity index (χ2n) is 6.43. The molecule has 3 heterocycles. The average molecular weight is 324 g/mol. The van der Waals surface area contributed by atoms with E-state index in [9.17, 15) is 9.90 Å². The first-order chi connectivity index (χ1) is 11.7. The largest absolute Gasteiger partial charge is 0.390 e. The van der Waals surface area contributed by atoms with Crippen molar-refractivity contribution in [3.8, 4) is 0 Å². The van der Waals surface area contributed by atoms with E-state index in [1.807, 2.05) is 0 Å². The lowest BCUT2D eigenvalue weighted by Crippen LogP contribution is -2.45. The maximum Gasteiger partial charge on any atom is 0.272 e. The van der Waals surface area contributed by atoms with Crippen LogP contribution in [-0.4, -0.2) is 62.6 Å². The molecule has 1 amide bonds. The van der Waals surface area contributed by atoms with E-state index in [1.54, 1.807) is 17.2 Å². The van der Waals surface area contributed by atoms with Gasteiger partial charge in [-0.2, -0.15) is 0 Å². The monoisotopic (exact) mass is 324 g/mol. The van der Waals surface area contributed by atoms with Gasteiger partial charge in [-0.05, 0) is 23.6 Å². The standard InChI is InChI=1S/C18H20N4O2/c23-17-11-22(18(24)15-5-7-19-12-20-15)10-16(17)21-8-6-13-3-1-2-4-14(13)9-21/h1-5,7,12,16-17,23H,6,8-11H2. The third-order valence-corrected chi connectivity index (χ3v) is 4.98. The number of hydrogen-bond acceptors (Lipinski definition) is 5. The molecule has 0 radical (unpaired) electrons. The Labute approximate surface area is 140 Å². The Morgan fingerprint density at radius 3 is 2.79 bits per heavy atom. The number of aliphatic hydroxyl groups excluding tert-OH is 1. The summed E-state index contributed by atoms with van der Waals surface area (Å²) in [7, 11) is 0. The summed E-state index contributed by atoms with van der Waals surface area (Å²) >= 11 is 0. The molecule has 4 rings (SSSR count). The maximum atomic E-state index is 12.5. The normalized spacial score (nSPS) is 24.0. The van der Waals surface area contributed by atoms with Crippen LogP contribution in [0.2, 0.25) is 0 Å². The highest BCUT2D eigenvalue weighted by atomic mass is 16.3. The summed E-state index contributed by atoms with van der Waals surface area (Å²) in [5.41, 5.74) is 3.08. The highest BCUT2D eigenvalue weighted by molar-refractivity contribution is 5.92. The Morgan fingerprint density at radius 2 is 2.00 bits per heavy atom. The van der Waals surface area contributed by atoms with E-state index in [0.717, 1.165) is 19.5 Å². The number of aromatic nitrogens is 2. The molecule has 0 bridgehead atoms. The van der Waals surface area contributed by atoms with E-state index in [2.05, 4.69) is 39.1 Å². The molecule has 2 aliphatic rings. The maximum absolute atomic E-state index is 12.5. The third kappa shape index (κ3) is 2.79. The highest BCUT2D eigenvalue weighted by Crippen LogP contribution is 2.25. The van der Waals surface area contributed by atoms with Gasteiger partial charge in [-0.25, -0.2) is 9.97 Å². The number of nitrogens with zero attached hydrogens (tertiary/aromatic N) is 4. The van der Waals surface area contributed by atoms with Crippen LogP contribution in [0.3, 0.4) is 0 Å². The van der Waals surface area contributed by atoms with E-state index < -0.39 is 6.10 Å². The van der Waals surface area contributed by atoms with Crippen LogP contribution in [0.5, 0.6) is 0 Å². The van der Waals surface area contributed by atoms with E-state index in [1.165, 1.54) is 17.5 Å². The molecule has 6 heteroatoms. The number of likely N-dealkylation sites (tertiary alicyclic amines) is 1. The highest BCUT2D eigenvalue weighted by Gasteiger charge is 2.39. The quantitative estimate of drug-likeness (QED) is 0.881. The molecule has 2 aromatic rings. The molecule has 1 N–H and O–H groups in total. The topological polar surface area (TPSA) is 69.6 Å². The van der Waals surface area contributed by atoms with Crippen molar-refractivity contribution in [1.29, 1.82) is 0 Å². The fourth-order valence-electron chi connectivity index (χ4n) is 3.67. The summed E-state index contributed by atoms with van der Waals surface area (Å²) in [6.07, 6.45) is 3.39. The zero-order valence-electron chi connectivity index (χ0n) is 13.4. The summed E-state index contributed by atoms with van der Waals surface area (Å²) < 4.78 is 0. The molecule has 6 nitrogen and oxygen atoms in total. The predicted octanol–water partition coefficient (Wildman–Crippen LogP) is 0.720. The molecule has 124 valence electrons. The Kier molecular flexibility index (Phi) is 4.00. The van der Waals surface area contributed by atoms with Crippen LogP contribution in [0.1, 0.15) is 21.6 Å². The number of carbonyl (C=O) groups is 1. The first-order valence-electron chi connectivity index (χ1n) is 8.26. The van der Waals surface area contributed by atoms with Crippen molar-refractivity contribution in [2.24, 2.45) is 0 Å². The fraction of sp³-hybridized carbons (Fsp3) is 0.389. The lowest BCUT2D eigenvalue weighted by molar-refractivity contribution is 0.0733. The lowest BCUT2D eigenvalue weighted by atomic mass is 9.98. The second-order valence-corrected chi connectivity index (χ2v) is 6.43. The average Bonchev–Trinajstić information content (AvgIpc) is 3.03. The Balaban J connectivity index is 1.47. The number of hydrogen-bond donors (Lipinski definition) is 1. The summed E-state index contributed by atoms with van der Waals surface area (Å²) in [4.78, 5) is 24.4. The van der Waals surface area contributed by atoms with Gasteiger partial charge in [-0.15, -0.1) is 0 Å². The first-order valence-corrected chi connectivity index (χ1v) is 8.26. The molecule has 0 spiro atoms. The number of benzene rings is 1. The number of aliphatic hydroxyl groups is 1. The van der Waals surface area contributed by atoms with Crippen LogP contribution >= 0.6 is 0 Å². The van der Waals surface area contributed by atoms with Crippen molar-refractivity contribution in [1.82, 2.24) is 19.8 Å². The first kappa shape index (κ1) is 15.2. The zero-order valence-corrected chi connectivity index (χ0v) is 13.4. The molecule has 2 unspecified atom stereocenters. The van der Waals surface area contributed by atoms with Crippen molar-refractivity contribution < 1.29 is 9.90 Å². The van der Waals surface area contributed by atoms with E-state index in [0.29, 0.717) is 18.8 Å². The molecular weight excluding hydrogens is 304 g/mol. The van der Waals surface area contributed by atoms with Crippen molar-refractivity contribution in [2.75, 3.05) is 19.6 Å². The van der Waals surface area contributed by atoms with Gasteiger partial charge in [-0.3, -0.25) is 9.69 Å². The summed E-state index contributed by atoms with van der Waals surface area (Å²) in [5.74, 6) is -0.142. The van der Waals surface area contributed by atoms with Crippen LogP contribution in [0, 0.1) is 0 Å². The predicted molar refractivity (Wildman–Crippen MR) is 88.3 cm³/mol. The minimum absolute atomic E-state index is 0.0239. The number of β-amino-alcohol motifs (C(OH)–C–C–N with tert-alkyl or cyclic N) is 1. The van der Waals surface area contributed by atoms with Crippen LogP contribution in [0.4, 0.5) is 0 Å². The van der Waals surface area contributed by atoms with E-state index in [-0.39, 0.29) is 11.9 Å². The number of amides is 1. The smallest absolute Gasteiger partial charge is 0.272 e. The molecule has 24 heavy (non-hydrogen) atoms. The van der Waals surface area contributed by atoms with Gasteiger partial charge < -0.3 is 10.0 Å². The van der Waals surface area contributed by atoms with Crippen molar-refractivity contribution in [3.63, 3.8) is 0 Å². The summed E-state index contributed by atoms with van der Waals surface area (Å²) in [6.45, 7) is 2.62. The van der Waals surface area contributed by atoms with Gasteiger partial charge in [0, 0.05) is 32.4 Å². The molecule has 1 aromatic carbocycles. The lowest BCUT2D eigenvalue weighted by Gasteiger charge is -2.34. The molecule has 0 aliphatic carbocycles. The van der Waals surface area contributed by atoms with Gasteiger partial charge in [0.15, 0.2) is 0 Å². The van der Waals surface area contributed by atoms with Gasteiger partial charge in [0.2, 0.25) is 0 Å². The van der Waals surface area contributed by atoms with Crippen LogP contribution in [-0.2, 0) is 13.0 Å². The Bertz CT molecular complexity index is 737. The Morgan fingerprint density at radius 1 is 1.17 bits per heavy atom. The fourth-order valence-corrected chi connectivity index (χ4v) is 3.67. The molecule has 1 fully saturated rings. The molecule has 2 aliphatic heterocycles. The summed E-state index contributed by atoms with van der Waals surface area (Å²) in [6, 6.07) is 10.0. The van der Waals surface area contributed by atoms with Gasteiger partial charge in [0.1, 0.15) is 12.0 Å². The van der Waals surface area contributed by atoms with Gasteiger partial charge in [0.05, 0.1) is 12.1 Å². The van der Waals surface area contributed by atoms with Gasteiger partial charge >= 0.3 is 0 Å². The molecular formula is C18H20N4O2. The van der Waals surface area contributed by atoms with Crippen molar-refractivity contribution in [3.05, 3.63) is 59.7 Å². The van der Waals surface area contributed by atoms with Crippen LogP contribution in [0.15, 0.2) is 42.9 Å². The Hall–Kier alpha value is -2.31.